The topological polar surface area (TPSA) is 67.9 Å². The van der Waals surface area contributed by atoms with E-state index in [0.29, 0.717) is 25.5 Å². The van der Waals surface area contributed by atoms with Crippen molar-refractivity contribution in [2.45, 2.75) is 72.1 Å². The molecule has 1 N–H and O–H groups in total. The first-order chi connectivity index (χ1) is 11.7. The monoisotopic (exact) mass is 344 g/mol. The van der Waals surface area contributed by atoms with Crippen molar-refractivity contribution in [2.75, 3.05) is 26.2 Å². The number of hydrogen-bond donors (Lipinski definition) is 1. The van der Waals surface area contributed by atoms with Crippen molar-refractivity contribution in [3.8, 4) is 0 Å². The molecule has 0 spiro atoms. The van der Waals surface area contributed by atoms with Crippen molar-refractivity contribution < 1.29 is 19.2 Å². The molecule has 0 aliphatic carbocycles. The number of alkyl carbamates (subject to hydrolysis) is 1. The van der Waals surface area contributed by atoms with Crippen LogP contribution in [0.2, 0.25) is 0 Å². The summed E-state index contributed by atoms with van der Waals surface area (Å²) >= 11 is 0. The minimum Gasteiger partial charge on any atom is -0.450 e. The van der Waals surface area contributed by atoms with E-state index in [2.05, 4.69) is 26.1 Å². The summed E-state index contributed by atoms with van der Waals surface area (Å²) in [5.74, 6) is 0.552. The van der Waals surface area contributed by atoms with E-state index in [-0.39, 0.29) is 6.09 Å². The Hall–Kier alpha value is -1.30. The summed E-state index contributed by atoms with van der Waals surface area (Å²) in [5.41, 5.74) is 0. The maximum absolute atomic E-state index is 11.4. The van der Waals surface area contributed by atoms with Crippen molar-refractivity contribution >= 4 is 12.6 Å². The van der Waals surface area contributed by atoms with Crippen molar-refractivity contribution in [3.63, 3.8) is 0 Å². The number of unbranched alkanes of at least 4 members (excludes halogenated alkanes) is 2. The van der Waals surface area contributed by atoms with Gasteiger partial charge in [-0.1, -0.05) is 40.0 Å². The Balaban J connectivity index is 3.84. The van der Waals surface area contributed by atoms with Gasteiger partial charge in [0.2, 0.25) is 0 Å². The molecule has 0 saturated heterocycles. The van der Waals surface area contributed by atoms with Crippen molar-refractivity contribution in [1.29, 1.82) is 0 Å². The number of hydrogen-bond acceptors (Lipinski definition) is 5. The second-order valence-electron chi connectivity index (χ2n) is 6.11. The molecule has 0 heterocycles. The lowest BCUT2D eigenvalue weighted by Gasteiger charge is -2.21. The van der Waals surface area contributed by atoms with Gasteiger partial charge in [-0.05, 0) is 38.0 Å². The molecule has 142 valence electrons. The van der Waals surface area contributed by atoms with Crippen LogP contribution < -0.4 is 5.32 Å². The number of hydroxylamine groups is 2. The van der Waals surface area contributed by atoms with Crippen molar-refractivity contribution in [3.05, 3.63) is 0 Å². The van der Waals surface area contributed by atoms with E-state index in [4.69, 9.17) is 9.57 Å². The SMILES string of the molecule is CCCCNC(=O)OCCCC(CC)CCN(CCCC)OC=O. The number of nitrogens with zero attached hydrogens (tertiary/aromatic N) is 1. The smallest absolute Gasteiger partial charge is 0.407 e. The molecular formula is C18H36N2O4. The molecule has 0 aromatic heterocycles. The third kappa shape index (κ3) is 13.2. The number of carbonyl (C=O) groups is 2. The molecule has 0 radical (unpaired) electrons. The van der Waals surface area contributed by atoms with E-state index in [1.807, 2.05) is 0 Å². The fourth-order valence-corrected chi connectivity index (χ4v) is 2.45. The first-order valence-electron chi connectivity index (χ1n) is 9.43. The van der Waals surface area contributed by atoms with Crippen LogP contribution in [0.1, 0.15) is 72.1 Å². The predicted octanol–water partition coefficient (Wildman–Crippen LogP) is 3.90. The minimum atomic E-state index is -0.318. The van der Waals surface area contributed by atoms with Gasteiger partial charge in [-0.25, -0.2) is 4.79 Å². The van der Waals surface area contributed by atoms with Crippen LogP contribution in [0, 0.1) is 5.92 Å². The molecule has 6 nitrogen and oxygen atoms in total. The van der Waals surface area contributed by atoms with Crippen LogP contribution in [0.5, 0.6) is 0 Å². The summed E-state index contributed by atoms with van der Waals surface area (Å²) in [6, 6.07) is 0. The fraction of sp³-hybridized carbons (Fsp3) is 0.889. The van der Waals surface area contributed by atoms with E-state index in [1.54, 1.807) is 5.06 Å². The molecule has 1 unspecified atom stereocenters. The number of rotatable bonds is 16. The predicted molar refractivity (Wildman–Crippen MR) is 95.5 cm³/mol. The Morgan fingerprint density at radius 3 is 2.46 bits per heavy atom. The molecule has 6 heteroatoms. The van der Waals surface area contributed by atoms with Gasteiger partial charge in [-0.15, -0.1) is 5.06 Å². The maximum Gasteiger partial charge on any atom is 0.407 e. The Morgan fingerprint density at radius 2 is 1.83 bits per heavy atom. The molecule has 1 amide bonds. The van der Waals surface area contributed by atoms with Crippen LogP contribution in [-0.4, -0.2) is 43.9 Å². The van der Waals surface area contributed by atoms with Gasteiger partial charge < -0.3 is 14.9 Å². The molecule has 0 fully saturated rings. The van der Waals surface area contributed by atoms with Crippen molar-refractivity contribution in [1.82, 2.24) is 10.4 Å². The van der Waals surface area contributed by atoms with Crippen molar-refractivity contribution in [2.24, 2.45) is 5.92 Å². The Labute approximate surface area is 147 Å². The minimum absolute atomic E-state index is 0.318. The quantitative estimate of drug-likeness (QED) is 0.261. The highest BCUT2D eigenvalue weighted by molar-refractivity contribution is 5.66. The highest BCUT2D eigenvalue weighted by atomic mass is 16.7. The van der Waals surface area contributed by atoms with Crippen LogP contribution in [-0.2, 0) is 14.4 Å². The summed E-state index contributed by atoms with van der Waals surface area (Å²) in [6.07, 6.45) is 7.75. The van der Waals surface area contributed by atoms with Crippen LogP contribution in [0.25, 0.3) is 0 Å². The Bertz CT molecular complexity index is 313. The summed E-state index contributed by atoms with van der Waals surface area (Å²) in [7, 11) is 0. The molecule has 0 saturated carbocycles. The Kier molecular flexibility index (Phi) is 15.7. The van der Waals surface area contributed by atoms with E-state index in [0.717, 1.165) is 64.5 Å². The molecule has 0 aromatic rings. The average Bonchev–Trinajstić information content (AvgIpc) is 2.59. The van der Waals surface area contributed by atoms with E-state index in [9.17, 15) is 9.59 Å². The lowest BCUT2D eigenvalue weighted by Crippen LogP contribution is -2.27. The average molecular weight is 344 g/mol. The zero-order chi connectivity index (χ0) is 18.0. The molecule has 0 bridgehead atoms. The molecule has 0 aromatic carbocycles. The highest BCUT2D eigenvalue weighted by Crippen LogP contribution is 2.16. The second-order valence-corrected chi connectivity index (χ2v) is 6.11. The third-order valence-corrected chi connectivity index (χ3v) is 4.11. The van der Waals surface area contributed by atoms with Gasteiger partial charge in [0.25, 0.3) is 0 Å². The lowest BCUT2D eigenvalue weighted by atomic mass is 9.97. The van der Waals surface area contributed by atoms with Gasteiger partial charge in [-0.3, -0.25) is 4.79 Å². The second kappa shape index (κ2) is 16.6. The summed E-state index contributed by atoms with van der Waals surface area (Å²) < 4.78 is 5.17. The summed E-state index contributed by atoms with van der Waals surface area (Å²) in [6.45, 7) is 9.55. The van der Waals surface area contributed by atoms with E-state index >= 15 is 0 Å². The van der Waals surface area contributed by atoms with Gasteiger partial charge in [0.1, 0.15) is 0 Å². The number of carbonyl (C=O) groups excluding carboxylic acids is 2. The molecular weight excluding hydrogens is 308 g/mol. The molecule has 24 heavy (non-hydrogen) atoms. The van der Waals surface area contributed by atoms with Gasteiger partial charge in [0.15, 0.2) is 0 Å². The third-order valence-electron chi connectivity index (χ3n) is 4.11. The van der Waals surface area contributed by atoms with Crippen LogP contribution in [0.3, 0.4) is 0 Å². The molecule has 0 aliphatic rings. The zero-order valence-electron chi connectivity index (χ0n) is 15.7. The van der Waals surface area contributed by atoms with Gasteiger partial charge in [0.05, 0.1) is 6.61 Å². The molecule has 0 aliphatic heterocycles. The zero-order valence-corrected chi connectivity index (χ0v) is 15.7. The molecule has 1 atom stereocenters. The van der Waals surface area contributed by atoms with E-state index < -0.39 is 0 Å². The maximum atomic E-state index is 11.4. The van der Waals surface area contributed by atoms with Gasteiger partial charge >= 0.3 is 12.6 Å². The lowest BCUT2D eigenvalue weighted by molar-refractivity contribution is -0.174. The Morgan fingerprint density at radius 1 is 1.08 bits per heavy atom. The van der Waals surface area contributed by atoms with Crippen LogP contribution >= 0.6 is 0 Å². The van der Waals surface area contributed by atoms with Crippen LogP contribution in [0.4, 0.5) is 4.79 Å². The summed E-state index contributed by atoms with van der Waals surface area (Å²) in [4.78, 5) is 27.0. The fourth-order valence-electron chi connectivity index (χ4n) is 2.45. The number of ether oxygens (including phenoxy) is 1. The first kappa shape index (κ1) is 22.7. The van der Waals surface area contributed by atoms with E-state index in [1.165, 1.54) is 0 Å². The summed E-state index contributed by atoms with van der Waals surface area (Å²) in [5, 5.41) is 4.49. The molecule has 0 rings (SSSR count). The highest BCUT2D eigenvalue weighted by Gasteiger charge is 2.11. The van der Waals surface area contributed by atoms with Gasteiger partial charge in [-0.2, -0.15) is 0 Å². The number of nitrogens with one attached hydrogen (secondary N) is 1. The normalized spacial score (nSPS) is 12.0. The van der Waals surface area contributed by atoms with Gasteiger partial charge in [0, 0.05) is 19.6 Å². The largest absolute Gasteiger partial charge is 0.450 e. The first-order valence-corrected chi connectivity index (χ1v) is 9.43. The standard InChI is InChI=1S/C18H36N2O4/c1-4-7-12-19-18(22)23-15-9-10-17(6-3)11-14-20(24-16-21)13-8-5-2/h16-17H,4-15H2,1-3H3,(H,19,22). The number of amides is 1. The van der Waals surface area contributed by atoms with Crippen LogP contribution in [0.15, 0.2) is 0 Å².